The minimum atomic E-state index is -0.689. The van der Waals surface area contributed by atoms with Gasteiger partial charge in [-0.3, -0.25) is 4.79 Å². The van der Waals surface area contributed by atoms with E-state index in [1.165, 1.54) is 7.11 Å². The highest BCUT2D eigenvalue weighted by Crippen LogP contribution is 2.25. The molecule has 106 valence electrons. The molecule has 5 heteroatoms. The molecular formula is C14H20ClNO3. The van der Waals surface area contributed by atoms with Gasteiger partial charge < -0.3 is 14.8 Å². The highest BCUT2D eigenvalue weighted by Gasteiger charge is 2.30. The van der Waals surface area contributed by atoms with Crippen LogP contribution in [-0.2, 0) is 16.1 Å². The van der Waals surface area contributed by atoms with E-state index in [0.29, 0.717) is 11.6 Å². The third-order valence-corrected chi connectivity index (χ3v) is 2.95. The molecule has 0 heterocycles. The lowest BCUT2D eigenvalue weighted by atomic mass is 9.95. The van der Waals surface area contributed by atoms with Crippen LogP contribution in [0.15, 0.2) is 18.2 Å². The number of esters is 1. The van der Waals surface area contributed by atoms with Crippen LogP contribution in [0.3, 0.4) is 0 Å². The predicted molar refractivity (Wildman–Crippen MR) is 75.5 cm³/mol. The van der Waals surface area contributed by atoms with Crippen molar-refractivity contribution in [2.45, 2.75) is 20.4 Å². The Morgan fingerprint density at radius 1 is 1.42 bits per heavy atom. The highest BCUT2D eigenvalue weighted by molar-refractivity contribution is 6.30. The molecule has 0 aliphatic rings. The van der Waals surface area contributed by atoms with Gasteiger partial charge >= 0.3 is 5.97 Å². The van der Waals surface area contributed by atoms with E-state index in [1.54, 1.807) is 19.9 Å². The average Bonchev–Trinajstić information content (AvgIpc) is 2.37. The van der Waals surface area contributed by atoms with Gasteiger partial charge in [0.1, 0.15) is 12.4 Å². The minimum absolute atomic E-state index is 0.248. The molecule has 0 aliphatic carbocycles. The summed E-state index contributed by atoms with van der Waals surface area (Å²) in [4.78, 5) is 11.6. The molecule has 0 aliphatic heterocycles. The van der Waals surface area contributed by atoms with Gasteiger partial charge in [-0.25, -0.2) is 0 Å². The van der Waals surface area contributed by atoms with Crippen LogP contribution >= 0.6 is 11.6 Å². The number of carbonyl (C=O) groups excluding carboxylic acids is 1. The first-order valence-electron chi connectivity index (χ1n) is 6.05. The lowest BCUT2D eigenvalue weighted by Crippen LogP contribution is -2.32. The van der Waals surface area contributed by atoms with Gasteiger partial charge in [-0.1, -0.05) is 11.6 Å². The van der Waals surface area contributed by atoms with Gasteiger partial charge in [0.05, 0.1) is 12.5 Å². The second-order valence-electron chi connectivity index (χ2n) is 4.95. The second kappa shape index (κ2) is 6.78. The van der Waals surface area contributed by atoms with Crippen LogP contribution in [0, 0.1) is 5.41 Å². The number of ether oxygens (including phenoxy) is 2. The summed E-state index contributed by atoms with van der Waals surface area (Å²) in [6, 6.07) is 5.42. The Morgan fingerprint density at radius 2 is 2.11 bits per heavy atom. The molecule has 1 aromatic rings. The maximum Gasteiger partial charge on any atom is 0.314 e. The Bertz CT molecular complexity index is 446. The second-order valence-corrected chi connectivity index (χ2v) is 5.38. The van der Waals surface area contributed by atoms with Crippen LogP contribution in [0.25, 0.3) is 0 Å². The molecule has 1 aromatic carbocycles. The zero-order valence-electron chi connectivity index (χ0n) is 11.7. The van der Waals surface area contributed by atoms with Crippen LogP contribution in [0.1, 0.15) is 19.4 Å². The smallest absolute Gasteiger partial charge is 0.314 e. The lowest BCUT2D eigenvalue weighted by molar-refractivity contribution is -0.152. The molecule has 19 heavy (non-hydrogen) atoms. The number of carbonyl (C=O) groups is 1. The van der Waals surface area contributed by atoms with Gasteiger partial charge in [-0.05, 0) is 39.1 Å². The molecule has 0 atom stereocenters. The van der Waals surface area contributed by atoms with Gasteiger partial charge in [0.15, 0.2) is 0 Å². The van der Waals surface area contributed by atoms with E-state index in [0.717, 1.165) is 11.3 Å². The summed E-state index contributed by atoms with van der Waals surface area (Å²) in [5.41, 5.74) is 0.265. The van der Waals surface area contributed by atoms with Crippen LogP contribution in [0.4, 0.5) is 0 Å². The van der Waals surface area contributed by atoms with Crippen molar-refractivity contribution >= 4 is 17.6 Å². The number of hydrogen-bond acceptors (Lipinski definition) is 4. The number of methoxy groups -OCH3 is 1. The molecular weight excluding hydrogens is 266 g/mol. The average molecular weight is 286 g/mol. The molecule has 0 saturated heterocycles. The van der Waals surface area contributed by atoms with Crippen molar-refractivity contribution in [1.82, 2.24) is 5.32 Å². The van der Waals surface area contributed by atoms with Gasteiger partial charge in [0, 0.05) is 17.1 Å². The molecule has 0 radical (unpaired) electrons. The van der Waals surface area contributed by atoms with Crippen molar-refractivity contribution in [2.24, 2.45) is 5.41 Å². The monoisotopic (exact) mass is 285 g/mol. The van der Waals surface area contributed by atoms with Crippen LogP contribution in [-0.4, -0.2) is 26.7 Å². The molecule has 0 amide bonds. The van der Waals surface area contributed by atoms with Crippen molar-refractivity contribution < 1.29 is 14.3 Å². The molecule has 4 nitrogen and oxygen atoms in total. The Balaban J connectivity index is 2.80. The number of nitrogens with one attached hydrogen (secondary N) is 1. The summed E-state index contributed by atoms with van der Waals surface area (Å²) in [5.74, 6) is 0.423. The molecule has 1 N–H and O–H groups in total. The first kappa shape index (κ1) is 15.8. The fourth-order valence-electron chi connectivity index (χ4n) is 1.61. The highest BCUT2D eigenvalue weighted by atomic mass is 35.5. The fraction of sp³-hybridized carbons (Fsp3) is 0.500. The zero-order valence-corrected chi connectivity index (χ0v) is 12.5. The van der Waals surface area contributed by atoms with E-state index in [2.05, 4.69) is 5.32 Å². The van der Waals surface area contributed by atoms with Gasteiger partial charge in [-0.2, -0.15) is 0 Å². The fourth-order valence-corrected chi connectivity index (χ4v) is 1.81. The van der Waals surface area contributed by atoms with Crippen LogP contribution in [0.5, 0.6) is 5.75 Å². The normalized spacial score (nSPS) is 11.2. The molecule has 0 spiro atoms. The van der Waals surface area contributed by atoms with Crippen molar-refractivity contribution in [2.75, 3.05) is 20.8 Å². The summed E-state index contributed by atoms with van der Waals surface area (Å²) in [6.07, 6.45) is 0. The van der Waals surface area contributed by atoms with Crippen LogP contribution in [0.2, 0.25) is 5.02 Å². The Labute approximate surface area is 119 Å². The third kappa shape index (κ3) is 4.40. The zero-order chi connectivity index (χ0) is 14.5. The number of benzene rings is 1. The maximum atomic E-state index is 11.6. The summed E-state index contributed by atoms with van der Waals surface area (Å²) in [5, 5.41) is 3.71. The lowest BCUT2D eigenvalue weighted by Gasteiger charge is -2.22. The Hall–Kier alpha value is -1.26. The van der Waals surface area contributed by atoms with E-state index in [9.17, 15) is 4.79 Å². The first-order chi connectivity index (χ1) is 8.90. The number of rotatable bonds is 6. The predicted octanol–water partition coefficient (Wildman–Crippen LogP) is 2.64. The van der Waals surface area contributed by atoms with E-state index in [4.69, 9.17) is 21.1 Å². The maximum absolute atomic E-state index is 11.6. The molecule has 0 fully saturated rings. The molecule has 0 unspecified atom stereocenters. The third-order valence-electron chi connectivity index (χ3n) is 2.72. The summed E-state index contributed by atoms with van der Waals surface area (Å²) < 4.78 is 10.5. The SMILES string of the molecule is CNCc1cc(Cl)ccc1OCC(C)(C)C(=O)OC. The Kier molecular flexibility index (Phi) is 5.63. The van der Waals surface area contributed by atoms with Crippen molar-refractivity contribution in [3.63, 3.8) is 0 Å². The van der Waals surface area contributed by atoms with E-state index >= 15 is 0 Å². The van der Waals surface area contributed by atoms with Gasteiger partial charge in [-0.15, -0.1) is 0 Å². The van der Waals surface area contributed by atoms with Crippen molar-refractivity contribution in [3.8, 4) is 5.75 Å². The van der Waals surface area contributed by atoms with Crippen LogP contribution < -0.4 is 10.1 Å². The number of halogens is 1. The van der Waals surface area contributed by atoms with E-state index in [1.807, 2.05) is 19.2 Å². The van der Waals surface area contributed by atoms with Crippen molar-refractivity contribution in [3.05, 3.63) is 28.8 Å². The van der Waals surface area contributed by atoms with E-state index in [-0.39, 0.29) is 12.6 Å². The quantitative estimate of drug-likeness (QED) is 0.816. The Morgan fingerprint density at radius 3 is 2.68 bits per heavy atom. The van der Waals surface area contributed by atoms with E-state index < -0.39 is 5.41 Å². The largest absolute Gasteiger partial charge is 0.492 e. The van der Waals surface area contributed by atoms with Gasteiger partial charge in [0.2, 0.25) is 0 Å². The molecule has 0 saturated carbocycles. The van der Waals surface area contributed by atoms with Gasteiger partial charge in [0.25, 0.3) is 0 Å². The van der Waals surface area contributed by atoms with Crippen molar-refractivity contribution in [1.29, 1.82) is 0 Å². The molecule has 0 bridgehead atoms. The molecule has 0 aromatic heterocycles. The topological polar surface area (TPSA) is 47.6 Å². The standard InChI is InChI=1S/C14H20ClNO3/c1-14(2,13(17)18-4)9-19-12-6-5-11(15)7-10(12)8-16-3/h5-7,16H,8-9H2,1-4H3. The minimum Gasteiger partial charge on any atom is -0.492 e. The number of hydrogen-bond donors (Lipinski definition) is 1. The summed E-state index contributed by atoms with van der Waals surface area (Å²) >= 11 is 5.96. The molecule has 1 rings (SSSR count). The summed E-state index contributed by atoms with van der Waals surface area (Å²) in [6.45, 7) is 4.46. The first-order valence-corrected chi connectivity index (χ1v) is 6.42. The summed E-state index contributed by atoms with van der Waals surface area (Å²) in [7, 11) is 3.22.